The first-order valence-electron chi connectivity index (χ1n) is 6.47. The van der Waals surface area contributed by atoms with E-state index >= 15 is 0 Å². The summed E-state index contributed by atoms with van der Waals surface area (Å²) in [6.45, 7) is 1.05. The number of rotatable bonds is 3. The molecule has 1 aliphatic rings. The lowest BCUT2D eigenvalue weighted by Gasteiger charge is -2.16. The third kappa shape index (κ3) is 2.99. The van der Waals surface area contributed by atoms with E-state index < -0.39 is 0 Å². The molecule has 3 rings (SSSR count). The minimum atomic E-state index is -0.386. The largest absolute Gasteiger partial charge is 0.472 e. The molecule has 1 amide bonds. The number of imidazole rings is 1. The maximum Gasteiger partial charge on any atom is 0.323 e. The van der Waals surface area contributed by atoms with Gasteiger partial charge in [0.15, 0.2) is 0 Å². The van der Waals surface area contributed by atoms with E-state index in [1.165, 1.54) is 6.20 Å². The summed E-state index contributed by atoms with van der Waals surface area (Å²) in [5.74, 6) is 0.311. The monoisotopic (exact) mass is 352 g/mol. The number of H-pyrrole nitrogens is 2. The Bertz CT molecular complexity index is 711. The third-order valence-corrected chi connectivity index (χ3v) is 3.86. The van der Waals surface area contributed by atoms with E-state index in [1.807, 2.05) is 12.1 Å². The predicted molar refractivity (Wildman–Crippen MR) is 78.3 cm³/mol. The highest BCUT2D eigenvalue weighted by atomic mass is 79.9. The highest BCUT2D eigenvalue weighted by molar-refractivity contribution is 9.10. The van der Waals surface area contributed by atoms with Crippen molar-refractivity contribution in [2.75, 3.05) is 13.1 Å². The van der Waals surface area contributed by atoms with Gasteiger partial charge in [0.25, 0.3) is 5.91 Å². The fourth-order valence-electron chi connectivity index (χ4n) is 2.24. The summed E-state index contributed by atoms with van der Waals surface area (Å²) >= 11 is 3.38. The molecule has 0 aliphatic carbocycles. The van der Waals surface area contributed by atoms with Gasteiger partial charge in [0.1, 0.15) is 11.8 Å². The molecular formula is C13H13BrN4O3. The molecule has 1 aliphatic heterocycles. The highest BCUT2D eigenvalue weighted by Gasteiger charge is 2.29. The number of likely N-dealkylation sites (tertiary alicyclic amines) is 1. The number of ether oxygens (including phenoxy) is 1. The molecule has 8 heteroatoms. The molecule has 1 saturated heterocycles. The van der Waals surface area contributed by atoms with E-state index in [9.17, 15) is 9.59 Å². The van der Waals surface area contributed by atoms with Crippen LogP contribution in [0.15, 0.2) is 33.8 Å². The highest BCUT2D eigenvalue weighted by Crippen LogP contribution is 2.24. The molecule has 1 fully saturated rings. The zero-order valence-electron chi connectivity index (χ0n) is 11.0. The number of amides is 1. The number of halogens is 1. The minimum absolute atomic E-state index is 0.106. The molecule has 2 aromatic heterocycles. The molecule has 0 bridgehead atoms. The van der Waals surface area contributed by atoms with E-state index in [0.29, 0.717) is 19.0 Å². The standard InChI is InChI=1S/C13H13BrN4O3/c14-9-2-1-4-15-11(9)21-8-3-5-18(7-8)12(19)10-6-16-13(20)17-10/h1-2,4,6,8H,3,5,7H2,(H2,16,17,20). The molecule has 21 heavy (non-hydrogen) atoms. The molecule has 2 N–H and O–H groups in total. The summed E-state index contributed by atoms with van der Waals surface area (Å²) in [5, 5.41) is 0. The second kappa shape index (κ2) is 5.72. The molecule has 110 valence electrons. The number of nitrogens with zero attached hydrogens (tertiary/aromatic N) is 2. The van der Waals surface area contributed by atoms with E-state index in [2.05, 4.69) is 30.9 Å². The van der Waals surface area contributed by atoms with Gasteiger partial charge in [0.05, 0.1) is 11.0 Å². The first kappa shape index (κ1) is 13.9. The summed E-state index contributed by atoms with van der Waals surface area (Å²) in [4.78, 5) is 33.9. The van der Waals surface area contributed by atoms with Crippen molar-refractivity contribution in [3.8, 4) is 5.88 Å². The van der Waals surface area contributed by atoms with Crippen LogP contribution in [-0.4, -0.2) is 45.0 Å². The van der Waals surface area contributed by atoms with Gasteiger partial charge in [-0.15, -0.1) is 0 Å². The van der Waals surface area contributed by atoms with Gasteiger partial charge in [0, 0.05) is 25.4 Å². The molecule has 2 aromatic rings. The third-order valence-electron chi connectivity index (χ3n) is 3.26. The van der Waals surface area contributed by atoms with Crippen LogP contribution in [0.5, 0.6) is 5.88 Å². The number of hydrogen-bond donors (Lipinski definition) is 2. The van der Waals surface area contributed by atoms with Crippen molar-refractivity contribution in [1.29, 1.82) is 0 Å². The van der Waals surface area contributed by atoms with Gasteiger partial charge in [-0.05, 0) is 28.1 Å². The molecule has 0 spiro atoms. The fourth-order valence-corrected chi connectivity index (χ4v) is 2.59. The van der Waals surface area contributed by atoms with E-state index in [1.54, 1.807) is 11.1 Å². The Balaban J connectivity index is 1.64. The van der Waals surface area contributed by atoms with Gasteiger partial charge >= 0.3 is 5.69 Å². The summed E-state index contributed by atoms with van der Waals surface area (Å²) in [7, 11) is 0. The maximum absolute atomic E-state index is 12.2. The van der Waals surface area contributed by atoms with Crippen molar-refractivity contribution in [3.05, 3.63) is 45.2 Å². The lowest BCUT2D eigenvalue weighted by Crippen LogP contribution is -2.31. The SMILES string of the molecule is O=C(c1c[nH]c(=O)[nH]1)N1CCC(Oc2ncccc2Br)C1. The van der Waals surface area contributed by atoms with Crippen LogP contribution in [0.25, 0.3) is 0 Å². The van der Waals surface area contributed by atoms with Crippen LogP contribution in [0.2, 0.25) is 0 Å². The zero-order valence-corrected chi connectivity index (χ0v) is 12.6. The van der Waals surface area contributed by atoms with E-state index in [-0.39, 0.29) is 23.4 Å². The normalized spacial score (nSPS) is 18.0. The number of hydrogen-bond acceptors (Lipinski definition) is 4. The zero-order chi connectivity index (χ0) is 14.8. The van der Waals surface area contributed by atoms with Gasteiger partial charge in [-0.25, -0.2) is 9.78 Å². The van der Waals surface area contributed by atoms with Gasteiger partial charge < -0.3 is 19.6 Å². The van der Waals surface area contributed by atoms with Crippen LogP contribution in [-0.2, 0) is 0 Å². The van der Waals surface area contributed by atoms with Crippen molar-refractivity contribution in [2.45, 2.75) is 12.5 Å². The Morgan fingerprint density at radius 3 is 3.10 bits per heavy atom. The number of aromatic amines is 2. The fraction of sp³-hybridized carbons (Fsp3) is 0.308. The second-order valence-electron chi connectivity index (χ2n) is 4.73. The summed E-state index contributed by atoms with van der Waals surface area (Å²) in [6.07, 6.45) is 3.66. The maximum atomic E-state index is 12.2. The molecule has 1 unspecified atom stereocenters. The lowest BCUT2D eigenvalue weighted by molar-refractivity contribution is 0.0765. The minimum Gasteiger partial charge on any atom is -0.472 e. The van der Waals surface area contributed by atoms with Gasteiger partial charge in [0.2, 0.25) is 5.88 Å². The number of aromatic nitrogens is 3. The van der Waals surface area contributed by atoms with Crippen molar-refractivity contribution >= 4 is 21.8 Å². The summed E-state index contributed by atoms with van der Waals surface area (Å²) in [6, 6.07) is 3.66. The quantitative estimate of drug-likeness (QED) is 0.866. The molecule has 0 aromatic carbocycles. The smallest absolute Gasteiger partial charge is 0.323 e. The second-order valence-corrected chi connectivity index (χ2v) is 5.58. The summed E-state index contributed by atoms with van der Waals surface area (Å²) < 4.78 is 6.58. The lowest BCUT2D eigenvalue weighted by atomic mass is 10.3. The molecule has 0 radical (unpaired) electrons. The number of nitrogens with one attached hydrogen (secondary N) is 2. The Kier molecular flexibility index (Phi) is 3.78. The van der Waals surface area contributed by atoms with Gasteiger partial charge in [-0.1, -0.05) is 0 Å². The van der Waals surface area contributed by atoms with E-state index in [4.69, 9.17) is 4.74 Å². The average molecular weight is 353 g/mol. The van der Waals surface area contributed by atoms with Crippen LogP contribution in [0.1, 0.15) is 16.9 Å². The number of carbonyl (C=O) groups is 1. The Morgan fingerprint density at radius 2 is 2.38 bits per heavy atom. The Morgan fingerprint density at radius 1 is 1.52 bits per heavy atom. The first-order valence-corrected chi connectivity index (χ1v) is 7.27. The van der Waals surface area contributed by atoms with Crippen LogP contribution in [0.4, 0.5) is 0 Å². The van der Waals surface area contributed by atoms with Crippen molar-refractivity contribution in [1.82, 2.24) is 19.9 Å². The number of carbonyl (C=O) groups excluding carboxylic acids is 1. The molecular weight excluding hydrogens is 340 g/mol. The van der Waals surface area contributed by atoms with Crippen LogP contribution >= 0.6 is 15.9 Å². The molecule has 0 saturated carbocycles. The molecule has 3 heterocycles. The molecule has 7 nitrogen and oxygen atoms in total. The van der Waals surface area contributed by atoms with Gasteiger partial charge in [-0.2, -0.15) is 0 Å². The van der Waals surface area contributed by atoms with Crippen molar-refractivity contribution in [3.63, 3.8) is 0 Å². The molecule has 1 atom stereocenters. The summed E-state index contributed by atoms with van der Waals surface area (Å²) in [5.41, 5.74) is -0.123. The predicted octanol–water partition coefficient (Wildman–Crippen LogP) is 1.15. The Labute approximate surface area is 128 Å². The van der Waals surface area contributed by atoms with E-state index in [0.717, 1.165) is 10.9 Å². The van der Waals surface area contributed by atoms with Crippen molar-refractivity contribution in [2.24, 2.45) is 0 Å². The van der Waals surface area contributed by atoms with Crippen LogP contribution in [0.3, 0.4) is 0 Å². The number of pyridine rings is 1. The Hall–Kier alpha value is -2.09. The topological polar surface area (TPSA) is 91.1 Å². The average Bonchev–Trinajstić information content (AvgIpc) is 3.10. The van der Waals surface area contributed by atoms with Gasteiger partial charge in [-0.3, -0.25) is 4.79 Å². The van der Waals surface area contributed by atoms with Crippen molar-refractivity contribution < 1.29 is 9.53 Å². The first-order chi connectivity index (χ1) is 10.1. The van der Waals surface area contributed by atoms with Crippen LogP contribution in [0, 0.1) is 0 Å². The van der Waals surface area contributed by atoms with Crippen LogP contribution < -0.4 is 10.4 Å².